The van der Waals surface area contributed by atoms with Crippen molar-refractivity contribution in [1.82, 2.24) is 0 Å². The molecule has 1 aliphatic carbocycles. The summed E-state index contributed by atoms with van der Waals surface area (Å²) in [6, 6.07) is 0. The van der Waals surface area contributed by atoms with E-state index in [1.165, 1.54) is 20.1 Å². The van der Waals surface area contributed by atoms with Gasteiger partial charge in [-0.3, -0.25) is 9.59 Å². The molecule has 0 spiro atoms. The molecule has 152 valence electrons. The van der Waals surface area contributed by atoms with Gasteiger partial charge in [0, 0.05) is 16.7 Å². The predicted molar refractivity (Wildman–Crippen MR) is 110 cm³/mol. The molecule has 2 heterocycles. The van der Waals surface area contributed by atoms with E-state index in [0.29, 0.717) is 22.8 Å². The molecule has 29 heavy (non-hydrogen) atoms. The second kappa shape index (κ2) is 7.64. The van der Waals surface area contributed by atoms with E-state index >= 15 is 0 Å². The van der Waals surface area contributed by atoms with Gasteiger partial charge < -0.3 is 9.47 Å². The van der Waals surface area contributed by atoms with Gasteiger partial charge in [0.25, 0.3) is 0 Å². The zero-order chi connectivity index (χ0) is 21.5. The van der Waals surface area contributed by atoms with Crippen LogP contribution in [0, 0.1) is 5.92 Å². The van der Waals surface area contributed by atoms with Crippen molar-refractivity contribution in [2.75, 3.05) is 0 Å². The van der Waals surface area contributed by atoms with Crippen molar-refractivity contribution in [1.29, 1.82) is 0 Å². The van der Waals surface area contributed by atoms with Crippen LogP contribution in [0.25, 0.3) is 0 Å². The molecule has 0 saturated carbocycles. The van der Waals surface area contributed by atoms with E-state index in [0.717, 1.165) is 12.0 Å². The third-order valence-electron chi connectivity index (χ3n) is 5.31. The molecule has 0 saturated heterocycles. The molecule has 3 rings (SSSR count). The lowest BCUT2D eigenvalue weighted by Crippen LogP contribution is -2.42. The number of ether oxygens (including phenoxy) is 2. The van der Waals surface area contributed by atoms with Gasteiger partial charge in [-0.05, 0) is 38.8 Å². The SMILES string of the molecule is CC[C@H](C)/C=C(C)/C=C/C1=CC2=C(Cl)C(=O)C3(C)OC(=O)C(C(C)=O)=C3C2=CO1. The molecule has 0 bridgehead atoms. The molecule has 0 aromatic carbocycles. The largest absolute Gasteiger partial charge is 0.464 e. The molecule has 0 radical (unpaired) electrons. The first kappa shape index (κ1) is 21.1. The van der Waals surface area contributed by atoms with Crippen LogP contribution < -0.4 is 0 Å². The first-order valence-electron chi connectivity index (χ1n) is 9.49. The molecule has 5 nitrogen and oxygen atoms in total. The fourth-order valence-electron chi connectivity index (χ4n) is 3.57. The molecular formula is C23H23ClO5. The van der Waals surface area contributed by atoms with Crippen LogP contribution in [-0.2, 0) is 23.9 Å². The summed E-state index contributed by atoms with van der Waals surface area (Å²) in [5.74, 6) is -0.892. The normalized spacial score (nSPS) is 25.4. The standard InChI is InChI=1S/C23H23ClO5/c1-6-12(2)9-13(3)7-8-15-10-16-17(11-28-15)19-18(14(4)25)22(27)29-23(19,5)21(26)20(16)24/h7-12H,6H2,1-5H3/b8-7+,13-9+/t12-,23?/m0/s1. The highest BCUT2D eigenvalue weighted by Gasteiger charge is 2.56. The van der Waals surface area contributed by atoms with Gasteiger partial charge in [-0.1, -0.05) is 49.6 Å². The molecule has 1 unspecified atom stereocenters. The fourth-order valence-corrected chi connectivity index (χ4v) is 3.91. The number of rotatable bonds is 5. The van der Waals surface area contributed by atoms with Gasteiger partial charge in [0.15, 0.2) is 11.4 Å². The summed E-state index contributed by atoms with van der Waals surface area (Å²) in [4.78, 5) is 37.2. The lowest BCUT2D eigenvalue weighted by molar-refractivity contribution is -0.153. The summed E-state index contributed by atoms with van der Waals surface area (Å²) in [6.07, 6.45) is 9.96. The number of allylic oxidation sites excluding steroid dienone is 6. The third kappa shape index (κ3) is 3.55. The van der Waals surface area contributed by atoms with Gasteiger partial charge in [-0.2, -0.15) is 0 Å². The van der Waals surface area contributed by atoms with Crippen molar-refractivity contribution in [3.8, 4) is 0 Å². The van der Waals surface area contributed by atoms with Crippen LogP contribution >= 0.6 is 11.6 Å². The van der Waals surface area contributed by atoms with Crippen LogP contribution in [0.15, 0.2) is 69.2 Å². The smallest absolute Gasteiger partial charge is 0.343 e. The highest BCUT2D eigenvalue weighted by atomic mass is 35.5. The maximum atomic E-state index is 12.9. The van der Waals surface area contributed by atoms with Crippen LogP contribution in [0.4, 0.5) is 0 Å². The summed E-state index contributed by atoms with van der Waals surface area (Å²) in [5.41, 5.74) is 0.365. The number of fused-ring (bicyclic) bond motifs is 3. The number of carbonyl (C=O) groups excluding carboxylic acids is 3. The van der Waals surface area contributed by atoms with E-state index in [4.69, 9.17) is 21.1 Å². The Hall–Kier alpha value is -2.66. The maximum absolute atomic E-state index is 12.9. The topological polar surface area (TPSA) is 69.7 Å². The zero-order valence-corrected chi connectivity index (χ0v) is 17.8. The summed E-state index contributed by atoms with van der Waals surface area (Å²) >= 11 is 6.34. The Kier molecular flexibility index (Phi) is 5.54. The first-order valence-corrected chi connectivity index (χ1v) is 9.87. The molecule has 0 N–H and O–H groups in total. The molecule has 2 aliphatic heterocycles. The fraction of sp³-hybridized carbons (Fsp3) is 0.348. The molecule has 0 aromatic heterocycles. The van der Waals surface area contributed by atoms with E-state index in [1.807, 2.05) is 13.0 Å². The number of hydrogen-bond donors (Lipinski definition) is 0. The minimum atomic E-state index is -1.62. The van der Waals surface area contributed by atoms with Crippen molar-refractivity contribution in [3.63, 3.8) is 0 Å². The van der Waals surface area contributed by atoms with Crippen LogP contribution in [0.2, 0.25) is 0 Å². The van der Waals surface area contributed by atoms with Crippen molar-refractivity contribution >= 4 is 29.1 Å². The quantitative estimate of drug-likeness (QED) is 0.373. The van der Waals surface area contributed by atoms with Gasteiger partial charge >= 0.3 is 5.97 Å². The number of halogens is 1. The average molecular weight is 415 g/mol. The maximum Gasteiger partial charge on any atom is 0.343 e. The molecule has 0 aromatic rings. The number of Topliss-reactive ketones (excluding diaryl/α,β-unsaturated/α-hetero) is 2. The molecule has 6 heteroatoms. The predicted octanol–water partition coefficient (Wildman–Crippen LogP) is 4.61. The van der Waals surface area contributed by atoms with Crippen LogP contribution in [-0.4, -0.2) is 23.1 Å². The second-order valence-electron chi connectivity index (χ2n) is 7.61. The van der Waals surface area contributed by atoms with Gasteiger partial charge in [0.1, 0.15) is 11.3 Å². The summed E-state index contributed by atoms with van der Waals surface area (Å²) < 4.78 is 11.0. The highest BCUT2D eigenvalue weighted by molar-refractivity contribution is 6.46. The Bertz CT molecular complexity index is 1000. The van der Waals surface area contributed by atoms with E-state index in [-0.39, 0.29) is 16.2 Å². The summed E-state index contributed by atoms with van der Waals surface area (Å²) in [7, 11) is 0. The Morgan fingerprint density at radius 1 is 1.31 bits per heavy atom. The van der Waals surface area contributed by atoms with E-state index in [1.54, 1.807) is 12.2 Å². The Labute approximate surface area is 175 Å². The van der Waals surface area contributed by atoms with Crippen molar-refractivity contribution in [2.45, 2.75) is 46.6 Å². The van der Waals surface area contributed by atoms with Crippen LogP contribution in [0.3, 0.4) is 0 Å². The van der Waals surface area contributed by atoms with Gasteiger partial charge in [-0.25, -0.2) is 4.79 Å². The second-order valence-corrected chi connectivity index (χ2v) is 7.99. The van der Waals surface area contributed by atoms with Crippen molar-refractivity contribution in [2.24, 2.45) is 5.92 Å². The Balaban J connectivity index is 2.04. The molecule has 2 atom stereocenters. The third-order valence-corrected chi connectivity index (χ3v) is 5.69. The van der Waals surface area contributed by atoms with E-state index in [2.05, 4.69) is 19.9 Å². The lowest BCUT2D eigenvalue weighted by atomic mass is 9.75. The minimum absolute atomic E-state index is 0.0545. The van der Waals surface area contributed by atoms with Gasteiger partial charge in [0.05, 0.1) is 11.3 Å². The lowest BCUT2D eigenvalue weighted by Gasteiger charge is -2.32. The van der Waals surface area contributed by atoms with E-state index < -0.39 is 23.1 Å². The number of hydrogen-bond acceptors (Lipinski definition) is 5. The average Bonchev–Trinajstić information content (AvgIpc) is 2.96. The monoisotopic (exact) mass is 414 g/mol. The Morgan fingerprint density at radius 3 is 2.62 bits per heavy atom. The molecule has 0 amide bonds. The van der Waals surface area contributed by atoms with Crippen LogP contribution in [0.5, 0.6) is 0 Å². The first-order chi connectivity index (χ1) is 13.6. The van der Waals surface area contributed by atoms with Crippen molar-refractivity contribution < 1.29 is 23.9 Å². The van der Waals surface area contributed by atoms with Gasteiger partial charge in [-0.15, -0.1) is 0 Å². The molecule has 0 fully saturated rings. The number of carbonyl (C=O) groups is 3. The summed E-state index contributed by atoms with van der Waals surface area (Å²) in [5, 5.41) is -0.0545. The van der Waals surface area contributed by atoms with Crippen LogP contribution in [0.1, 0.15) is 41.0 Å². The summed E-state index contributed by atoms with van der Waals surface area (Å²) in [6.45, 7) is 8.98. The zero-order valence-electron chi connectivity index (χ0n) is 17.1. The number of ketones is 2. The molecular weight excluding hydrogens is 392 g/mol. The molecule has 3 aliphatic rings. The highest BCUT2D eigenvalue weighted by Crippen LogP contribution is 2.49. The van der Waals surface area contributed by atoms with Gasteiger partial charge in [0.2, 0.25) is 5.78 Å². The number of esters is 1. The Morgan fingerprint density at radius 2 is 2.00 bits per heavy atom. The van der Waals surface area contributed by atoms with E-state index in [9.17, 15) is 14.4 Å². The van der Waals surface area contributed by atoms with Crippen molar-refractivity contribution in [3.05, 3.63) is 69.2 Å². The minimum Gasteiger partial charge on any atom is -0.464 e.